The monoisotopic (exact) mass is 463 g/mol. The summed E-state index contributed by atoms with van der Waals surface area (Å²) in [6.07, 6.45) is 3.27. The third-order valence-electron chi connectivity index (χ3n) is 6.82. The van der Waals surface area contributed by atoms with E-state index >= 15 is 0 Å². The van der Waals surface area contributed by atoms with Crippen molar-refractivity contribution in [3.63, 3.8) is 0 Å². The first-order valence-electron chi connectivity index (χ1n) is 11.8. The first-order chi connectivity index (χ1) is 16.4. The number of hydrogen-bond donors (Lipinski definition) is 1. The van der Waals surface area contributed by atoms with E-state index < -0.39 is 0 Å². The van der Waals surface area contributed by atoms with Crippen LogP contribution in [-0.4, -0.2) is 67.0 Å². The molecule has 3 aromatic rings. The number of fused-ring (bicyclic) bond motifs is 1. The average molecular weight is 464 g/mol. The summed E-state index contributed by atoms with van der Waals surface area (Å²) >= 11 is 0. The molecule has 0 spiro atoms. The Balaban J connectivity index is 1.71. The molecule has 1 saturated heterocycles. The molecule has 180 valence electrons. The molecule has 34 heavy (non-hydrogen) atoms. The Morgan fingerprint density at radius 3 is 2.24 bits per heavy atom. The van der Waals surface area contributed by atoms with Gasteiger partial charge < -0.3 is 24.3 Å². The molecule has 1 fully saturated rings. The molecule has 2 amide bonds. The molecule has 4 rings (SSSR count). The summed E-state index contributed by atoms with van der Waals surface area (Å²) in [5.41, 5.74) is 4.41. The average Bonchev–Trinajstić information content (AvgIpc) is 3.30. The molecule has 1 aliphatic rings. The van der Waals surface area contributed by atoms with Crippen LogP contribution in [0.4, 0.5) is 0 Å². The van der Waals surface area contributed by atoms with Crippen LogP contribution in [0.15, 0.2) is 42.6 Å². The van der Waals surface area contributed by atoms with Crippen molar-refractivity contribution in [3.8, 4) is 11.5 Å². The van der Waals surface area contributed by atoms with E-state index in [-0.39, 0.29) is 17.7 Å². The van der Waals surface area contributed by atoms with Gasteiger partial charge in [0.25, 0.3) is 0 Å². The third-order valence-corrected chi connectivity index (χ3v) is 6.82. The number of carbonyl (C=O) groups is 2. The maximum absolute atomic E-state index is 13.5. The Kier molecular flexibility index (Phi) is 7.10. The van der Waals surface area contributed by atoms with Gasteiger partial charge in [-0.15, -0.1) is 0 Å². The van der Waals surface area contributed by atoms with E-state index in [2.05, 4.69) is 30.1 Å². The van der Waals surface area contributed by atoms with Gasteiger partial charge in [0.1, 0.15) is 11.5 Å². The first kappa shape index (κ1) is 23.7. The molecule has 1 N–H and O–H groups in total. The number of hydrogen-bond acceptors (Lipinski definition) is 4. The molecule has 7 heteroatoms. The van der Waals surface area contributed by atoms with Crippen LogP contribution in [0.2, 0.25) is 0 Å². The Labute approximate surface area is 200 Å². The zero-order valence-electron chi connectivity index (χ0n) is 20.4. The number of aromatic amines is 1. The number of aryl methyl sites for hydroxylation is 1. The van der Waals surface area contributed by atoms with Gasteiger partial charge in [-0.3, -0.25) is 9.59 Å². The van der Waals surface area contributed by atoms with Crippen molar-refractivity contribution in [3.05, 3.63) is 59.3 Å². The van der Waals surface area contributed by atoms with Gasteiger partial charge in [0, 0.05) is 68.6 Å². The second kappa shape index (κ2) is 10.2. The standard InChI is InChI=1S/C27H33N3O4/c1-5-19-7-6-8-23-25(17-28-27(19)23)24(20-13-21(33-3)15-22(14-20)34-4)16-26(32)30-11-9-29(10-12-30)18(2)31/h6-8,13-15,17,24,28H,5,9-12,16H2,1-4H3. The van der Waals surface area contributed by atoms with Gasteiger partial charge >= 0.3 is 0 Å². The fraction of sp³-hybridized carbons (Fsp3) is 0.407. The lowest BCUT2D eigenvalue weighted by atomic mass is 9.87. The predicted octanol–water partition coefficient (Wildman–Crippen LogP) is 3.96. The molecular weight excluding hydrogens is 430 g/mol. The number of H-pyrrole nitrogens is 1. The van der Waals surface area contributed by atoms with Crippen LogP contribution in [0.25, 0.3) is 10.9 Å². The van der Waals surface area contributed by atoms with Gasteiger partial charge in [-0.25, -0.2) is 0 Å². The van der Waals surface area contributed by atoms with Gasteiger partial charge in [0.2, 0.25) is 11.8 Å². The number of para-hydroxylation sites is 1. The lowest BCUT2D eigenvalue weighted by molar-refractivity contribution is -0.138. The number of nitrogens with zero attached hydrogens (tertiary/aromatic N) is 2. The lowest BCUT2D eigenvalue weighted by Gasteiger charge is -2.35. The van der Waals surface area contributed by atoms with E-state index in [0.29, 0.717) is 44.1 Å². The van der Waals surface area contributed by atoms with Crippen LogP contribution in [0, 0.1) is 0 Å². The van der Waals surface area contributed by atoms with Gasteiger partial charge in [-0.1, -0.05) is 25.1 Å². The first-order valence-corrected chi connectivity index (χ1v) is 11.8. The highest BCUT2D eigenvalue weighted by molar-refractivity contribution is 5.88. The highest BCUT2D eigenvalue weighted by Gasteiger charge is 2.28. The van der Waals surface area contributed by atoms with Crippen molar-refractivity contribution >= 4 is 22.7 Å². The van der Waals surface area contributed by atoms with Crippen molar-refractivity contribution in [2.45, 2.75) is 32.6 Å². The van der Waals surface area contributed by atoms with Crippen LogP contribution in [0.5, 0.6) is 11.5 Å². The van der Waals surface area contributed by atoms with Crippen molar-refractivity contribution in [1.29, 1.82) is 0 Å². The summed E-state index contributed by atoms with van der Waals surface area (Å²) in [5.74, 6) is 1.34. The van der Waals surface area contributed by atoms with Crippen molar-refractivity contribution in [1.82, 2.24) is 14.8 Å². The quantitative estimate of drug-likeness (QED) is 0.576. The summed E-state index contributed by atoms with van der Waals surface area (Å²) < 4.78 is 11.0. The second-order valence-electron chi connectivity index (χ2n) is 8.73. The van der Waals surface area contributed by atoms with E-state index in [0.717, 1.165) is 28.5 Å². The summed E-state index contributed by atoms with van der Waals surface area (Å²) in [7, 11) is 3.26. The SMILES string of the molecule is CCc1cccc2c(C(CC(=O)N3CCN(C(C)=O)CC3)c3cc(OC)cc(OC)c3)c[nH]c12. The summed E-state index contributed by atoms with van der Waals surface area (Å²) in [6.45, 7) is 5.98. The molecule has 2 heterocycles. The fourth-order valence-electron chi connectivity index (χ4n) is 4.83. The van der Waals surface area contributed by atoms with E-state index in [1.54, 1.807) is 26.0 Å². The van der Waals surface area contributed by atoms with E-state index in [4.69, 9.17) is 9.47 Å². The van der Waals surface area contributed by atoms with E-state index in [9.17, 15) is 9.59 Å². The molecule has 1 atom stereocenters. The lowest BCUT2D eigenvalue weighted by Crippen LogP contribution is -2.50. The molecule has 0 radical (unpaired) electrons. The summed E-state index contributed by atoms with van der Waals surface area (Å²) in [6, 6.07) is 12.1. The number of rotatable bonds is 7. The van der Waals surface area contributed by atoms with Gasteiger partial charge in [-0.05, 0) is 35.2 Å². The normalized spacial score (nSPS) is 14.8. The highest BCUT2D eigenvalue weighted by Crippen LogP contribution is 2.38. The zero-order chi connectivity index (χ0) is 24.2. The van der Waals surface area contributed by atoms with Crippen LogP contribution in [0.1, 0.15) is 42.9 Å². The predicted molar refractivity (Wildman–Crippen MR) is 133 cm³/mol. The maximum Gasteiger partial charge on any atom is 0.223 e. The number of methoxy groups -OCH3 is 2. The molecule has 1 aliphatic heterocycles. The fourth-order valence-corrected chi connectivity index (χ4v) is 4.83. The van der Waals surface area contributed by atoms with Crippen LogP contribution in [0.3, 0.4) is 0 Å². The molecule has 0 bridgehead atoms. The molecule has 1 unspecified atom stereocenters. The number of ether oxygens (including phenoxy) is 2. The zero-order valence-corrected chi connectivity index (χ0v) is 20.4. The van der Waals surface area contributed by atoms with Crippen molar-refractivity contribution in [2.24, 2.45) is 0 Å². The molecule has 2 aromatic carbocycles. The molecule has 7 nitrogen and oxygen atoms in total. The largest absolute Gasteiger partial charge is 0.497 e. The molecule has 0 saturated carbocycles. The molecule has 1 aromatic heterocycles. The Morgan fingerprint density at radius 2 is 1.65 bits per heavy atom. The molecular formula is C27H33N3O4. The van der Waals surface area contributed by atoms with E-state index in [1.165, 1.54) is 5.56 Å². The Hall–Kier alpha value is -3.48. The maximum atomic E-state index is 13.5. The van der Waals surface area contributed by atoms with Crippen LogP contribution in [-0.2, 0) is 16.0 Å². The summed E-state index contributed by atoms with van der Waals surface area (Å²) in [4.78, 5) is 32.3. The Bertz CT molecular complexity index is 1160. The minimum absolute atomic E-state index is 0.0546. The van der Waals surface area contributed by atoms with E-state index in [1.807, 2.05) is 29.3 Å². The molecule has 0 aliphatic carbocycles. The topological polar surface area (TPSA) is 74.9 Å². The minimum atomic E-state index is -0.178. The number of nitrogens with one attached hydrogen (secondary N) is 1. The Morgan fingerprint density at radius 1 is 1.00 bits per heavy atom. The number of carbonyl (C=O) groups excluding carboxylic acids is 2. The number of aromatic nitrogens is 1. The van der Waals surface area contributed by atoms with Crippen molar-refractivity contribution in [2.75, 3.05) is 40.4 Å². The van der Waals surface area contributed by atoms with Gasteiger partial charge in [-0.2, -0.15) is 0 Å². The van der Waals surface area contributed by atoms with Crippen molar-refractivity contribution < 1.29 is 19.1 Å². The highest BCUT2D eigenvalue weighted by atomic mass is 16.5. The summed E-state index contributed by atoms with van der Waals surface area (Å²) in [5, 5.41) is 1.13. The van der Waals surface area contributed by atoms with Gasteiger partial charge in [0.15, 0.2) is 0 Å². The number of piperazine rings is 1. The number of benzene rings is 2. The third kappa shape index (κ3) is 4.74. The van der Waals surface area contributed by atoms with Crippen LogP contribution < -0.4 is 9.47 Å². The minimum Gasteiger partial charge on any atom is -0.497 e. The number of amides is 2. The van der Waals surface area contributed by atoms with Crippen LogP contribution >= 0.6 is 0 Å². The smallest absolute Gasteiger partial charge is 0.223 e. The second-order valence-corrected chi connectivity index (χ2v) is 8.73. The van der Waals surface area contributed by atoms with Gasteiger partial charge in [0.05, 0.1) is 14.2 Å².